The van der Waals surface area contributed by atoms with Gasteiger partial charge in [-0.15, -0.1) is 0 Å². The molecule has 0 spiro atoms. The van der Waals surface area contributed by atoms with Crippen LogP contribution in [0.1, 0.15) is 40.1 Å². The van der Waals surface area contributed by atoms with E-state index in [0.29, 0.717) is 17.9 Å². The van der Waals surface area contributed by atoms with Crippen LogP contribution >= 0.6 is 0 Å². The third-order valence-electron chi connectivity index (χ3n) is 4.90. The van der Waals surface area contributed by atoms with Crippen molar-refractivity contribution in [3.8, 4) is 29.0 Å². The van der Waals surface area contributed by atoms with E-state index in [1.807, 2.05) is 0 Å². The monoisotopic (exact) mass is 443 g/mol. The Morgan fingerprint density at radius 1 is 1.41 bits per heavy atom. The van der Waals surface area contributed by atoms with Crippen molar-refractivity contribution in [2.75, 3.05) is 13.3 Å². The predicted molar refractivity (Wildman–Crippen MR) is 107 cm³/mol. The summed E-state index contributed by atoms with van der Waals surface area (Å²) < 4.78 is 39.8. The molecule has 3 N–H and O–H groups in total. The molecule has 2 aromatic heterocycles. The highest BCUT2D eigenvalue weighted by molar-refractivity contribution is 5.91. The lowest BCUT2D eigenvalue weighted by atomic mass is 9.99. The molecule has 0 fully saturated rings. The lowest BCUT2D eigenvalue weighted by Crippen LogP contribution is -2.19. The number of imidazole rings is 1. The number of aliphatic hydroxyl groups excluding tert-OH is 1. The Balaban J connectivity index is 1.77. The second kappa shape index (κ2) is 8.76. The minimum Gasteiger partial charge on any atom is -0.491 e. The smallest absolute Gasteiger partial charge is 0.268 e. The number of hydrogen-bond donors (Lipinski definition) is 2. The Morgan fingerprint density at radius 2 is 2.22 bits per heavy atom. The van der Waals surface area contributed by atoms with E-state index in [-0.39, 0.29) is 41.7 Å². The normalized spacial score (nSPS) is 14.2. The number of aryl methyl sites for hydroxylation is 1. The summed E-state index contributed by atoms with van der Waals surface area (Å²) in [7, 11) is 0. The molecule has 1 amide bonds. The topological polar surface area (TPSA) is 129 Å². The molecule has 1 aliphatic rings. The number of ether oxygens (including phenoxy) is 1. The molecule has 0 bridgehead atoms. The highest BCUT2D eigenvalue weighted by Gasteiger charge is 2.25. The molecule has 9 nitrogen and oxygen atoms in total. The third kappa shape index (κ3) is 4.17. The van der Waals surface area contributed by atoms with Gasteiger partial charge < -0.3 is 24.7 Å². The van der Waals surface area contributed by atoms with Crippen molar-refractivity contribution in [3.63, 3.8) is 0 Å². The lowest BCUT2D eigenvalue weighted by molar-refractivity contribution is 0.0995. The predicted octanol–water partition coefficient (Wildman–Crippen LogP) is 1.73. The minimum absolute atomic E-state index is 0.0120. The summed E-state index contributed by atoms with van der Waals surface area (Å²) in [6.45, 7) is 1.43. The lowest BCUT2D eigenvalue weighted by Gasteiger charge is -2.13. The number of nitrogens with zero attached hydrogens (tertiary/aromatic N) is 4. The van der Waals surface area contributed by atoms with Crippen LogP contribution in [0.15, 0.2) is 22.9 Å². The van der Waals surface area contributed by atoms with Crippen molar-refractivity contribution >= 4 is 5.91 Å². The van der Waals surface area contributed by atoms with Crippen LogP contribution in [0, 0.1) is 24.6 Å². The van der Waals surface area contributed by atoms with Gasteiger partial charge >= 0.3 is 0 Å². The van der Waals surface area contributed by atoms with Crippen LogP contribution in [-0.2, 0) is 6.54 Å². The van der Waals surface area contributed by atoms with E-state index >= 15 is 0 Å². The van der Waals surface area contributed by atoms with Gasteiger partial charge in [0.2, 0.25) is 5.89 Å². The van der Waals surface area contributed by atoms with Crippen LogP contribution in [0.4, 0.5) is 8.78 Å². The summed E-state index contributed by atoms with van der Waals surface area (Å²) >= 11 is 0. The van der Waals surface area contributed by atoms with E-state index in [1.54, 1.807) is 11.5 Å². The number of alkyl halides is 1. The van der Waals surface area contributed by atoms with Crippen molar-refractivity contribution in [1.82, 2.24) is 19.7 Å². The number of aromatic nitrogens is 4. The standard InChI is InChI=1S/C21H19F2N5O4/c1-11-25-20(27-32-11)13(17(29)4-5-22)3-2-12-8-14-18(9-15(12)23)31-7-6-28-10-16(19(24)30)26-21(14)28/h8-10,13,17,29H,4-7H2,1H3,(H2,24,30). The van der Waals surface area contributed by atoms with Gasteiger partial charge in [-0.1, -0.05) is 17.0 Å². The highest BCUT2D eigenvalue weighted by atomic mass is 19.1. The first kappa shape index (κ1) is 21.5. The maximum Gasteiger partial charge on any atom is 0.268 e. The number of carbonyl (C=O) groups is 1. The number of nitrogens with two attached hydrogens (primary N) is 1. The maximum absolute atomic E-state index is 14.8. The second-order valence-corrected chi connectivity index (χ2v) is 7.15. The number of amides is 1. The summed E-state index contributed by atoms with van der Waals surface area (Å²) in [5.41, 5.74) is 5.82. The van der Waals surface area contributed by atoms with Crippen LogP contribution in [0.2, 0.25) is 0 Å². The molecular weight excluding hydrogens is 424 g/mol. The molecule has 2 atom stereocenters. The molecule has 32 heavy (non-hydrogen) atoms. The highest BCUT2D eigenvalue weighted by Crippen LogP contribution is 2.34. The summed E-state index contributed by atoms with van der Waals surface area (Å²) in [5, 5.41) is 14.0. The number of benzene rings is 1. The first-order valence-electron chi connectivity index (χ1n) is 9.77. The minimum atomic E-state index is -1.21. The quantitative estimate of drug-likeness (QED) is 0.575. The van der Waals surface area contributed by atoms with Gasteiger partial charge in [-0.05, 0) is 6.07 Å². The first-order valence-corrected chi connectivity index (χ1v) is 9.77. The van der Waals surface area contributed by atoms with Crippen LogP contribution in [0.5, 0.6) is 5.75 Å². The SMILES string of the molecule is Cc1nc(C(C#Cc2cc3c(cc2F)OCCn2cc(C(N)=O)nc2-3)C(O)CCF)no1. The fourth-order valence-electron chi connectivity index (χ4n) is 3.33. The van der Waals surface area contributed by atoms with Gasteiger partial charge in [0.05, 0.1) is 30.5 Å². The van der Waals surface area contributed by atoms with Crippen LogP contribution in [0.25, 0.3) is 11.4 Å². The number of fused-ring (bicyclic) bond motifs is 3. The van der Waals surface area contributed by atoms with E-state index in [0.717, 1.165) is 0 Å². The van der Waals surface area contributed by atoms with E-state index < -0.39 is 30.4 Å². The van der Waals surface area contributed by atoms with Crippen LogP contribution < -0.4 is 10.5 Å². The fraction of sp³-hybridized carbons (Fsp3) is 0.333. The van der Waals surface area contributed by atoms with Crippen molar-refractivity contribution in [3.05, 3.63) is 47.1 Å². The zero-order valence-corrected chi connectivity index (χ0v) is 17.0. The van der Waals surface area contributed by atoms with E-state index in [2.05, 4.69) is 27.0 Å². The fourth-order valence-corrected chi connectivity index (χ4v) is 3.33. The van der Waals surface area contributed by atoms with Gasteiger partial charge in [0.1, 0.15) is 35.6 Å². The Morgan fingerprint density at radius 3 is 2.91 bits per heavy atom. The van der Waals surface area contributed by atoms with Crippen molar-refractivity contribution in [1.29, 1.82) is 0 Å². The molecule has 166 valence electrons. The van der Waals surface area contributed by atoms with Gasteiger partial charge in [-0.2, -0.15) is 4.98 Å². The number of rotatable bonds is 5. The first-order chi connectivity index (χ1) is 15.4. The number of halogens is 2. The van der Waals surface area contributed by atoms with E-state index in [1.165, 1.54) is 18.3 Å². The maximum atomic E-state index is 14.8. The Hall–Kier alpha value is -3.78. The molecule has 3 heterocycles. The van der Waals surface area contributed by atoms with Gasteiger partial charge in [-0.3, -0.25) is 9.18 Å². The Kier molecular flexibility index (Phi) is 5.87. The van der Waals surface area contributed by atoms with Crippen LogP contribution in [-0.4, -0.2) is 50.1 Å². The zero-order chi connectivity index (χ0) is 22.8. The Bertz CT molecular complexity index is 1230. The molecule has 0 saturated heterocycles. The number of hydrogen-bond acceptors (Lipinski definition) is 7. The molecule has 1 aliphatic heterocycles. The summed E-state index contributed by atoms with van der Waals surface area (Å²) in [6, 6.07) is 2.62. The summed E-state index contributed by atoms with van der Waals surface area (Å²) in [6.07, 6.45) is 0.0989. The molecule has 1 aromatic carbocycles. The van der Waals surface area contributed by atoms with Crippen LogP contribution in [0.3, 0.4) is 0 Å². The second-order valence-electron chi connectivity index (χ2n) is 7.15. The molecule has 0 aliphatic carbocycles. The summed E-state index contributed by atoms with van der Waals surface area (Å²) in [5.74, 6) is 4.04. The molecule has 0 radical (unpaired) electrons. The molecule has 4 rings (SSSR count). The van der Waals surface area contributed by atoms with Crippen molar-refractivity contribution < 1.29 is 27.9 Å². The van der Waals surface area contributed by atoms with Crippen molar-refractivity contribution in [2.45, 2.75) is 31.9 Å². The zero-order valence-electron chi connectivity index (χ0n) is 17.0. The van der Waals surface area contributed by atoms with Gasteiger partial charge in [0.25, 0.3) is 5.91 Å². The molecule has 3 aromatic rings. The van der Waals surface area contributed by atoms with E-state index in [4.69, 9.17) is 15.0 Å². The van der Waals surface area contributed by atoms with E-state index in [9.17, 15) is 18.7 Å². The van der Waals surface area contributed by atoms with Gasteiger partial charge in [-0.25, -0.2) is 9.37 Å². The number of carbonyl (C=O) groups excluding carboxylic acids is 1. The van der Waals surface area contributed by atoms with Gasteiger partial charge in [0.15, 0.2) is 5.82 Å². The van der Waals surface area contributed by atoms with Gasteiger partial charge in [0, 0.05) is 25.6 Å². The summed E-state index contributed by atoms with van der Waals surface area (Å²) in [4.78, 5) is 19.8. The Labute approximate surface area is 181 Å². The molecular formula is C21H19F2N5O4. The molecule has 2 unspecified atom stereocenters. The average molecular weight is 443 g/mol. The number of aliphatic hydroxyl groups is 1. The molecule has 0 saturated carbocycles. The third-order valence-corrected chi connectivity index (χ3v) is 4.90. The van der Waals surface area contributed by atoms with Crippen molar-refractivity contribution in [2.24, 2.45) is 5.73 Å². The number of primary amides is 1. The average Bonchev–Trinajstić information content (AvgIpc) is 3.33. The largest absolute Gasteiger partial charge is 0.491 e. The molecule has 11 heteroatoms.